The number of primary sulfonamides is 1. The van der Waals surface area contributed by atoms with Gasteiger partial charge in [0.15, 0.2) is 0 Å². The minimum Gasteiger partial charge on any atom is -0.319 e. The van der Waals surface area contributed by atoms with Crippen molar-refractivity contribution in [2.75, 3.05) is 5.32 Å². The molecule has 0 spiro atoms. The number of carbonyl (C=O) groups is 1. The van der Waals surface area contributed by atoms with E-state index >= 15 is 0 Å². The maximum absolute atomic E-state index is 13.6. The third-order valence-electron chi connectivity index (χ3n) is 2.30. The van der Waals surface area contributed by atoms with Crippen molar-refractivity contribution in [2.24, 2.45) is 5.14 Å². The van der Waals surface area contributed by atoms with Crippen LogP contribution in [0.4, 0.5) is 10.1 Å². The Labute approximate surface area is 126 Å². The molecular formula is C11H8BrFN2O3S2. The van der Waals surface area contributed by atoms with Crippen LogP contribution >= 0.6 is 27.3 Å². The lowest BCUT2D eigenvalue weighted by Crippen LogP contribution is -2.13. The summed E-state index contributed by atoms with van der Waals surface area (Å²) >= 11 is 3.93. The second-order valence-electron chi connectivity index (χ2n) is 3.78. The molecule has 1 heterocycles. The number of hydrogen-bond donors (Lipinski definition) is 2. The molecule has 0 bridgehead atoms. The van der Waals surface area contributed by atoms with Gasteiger partial charge in [-0.1, -0.05) is 15.9 Å². The molecule has 0 fully saturated rings. The van der Waals surface area contributed by atoms with Gasteiger partial charge in [-0.3, -0.25) is 4.79 Å². The Bertz CT molecular complexity index is 774. The maximum atomic E-state index is 13.6. The molecule has 0 aliphatic rings. The molecule has 2 aromatic rings. The molecule has 0 atom stereocenters. The number of hydrogen-bond acceptors (Lipinski definition) is 4. The molecule has 1 aromatic carbocycles. The largest absolute Gasteiger partial charge is 0.319 e. The third kappa shape index (κ3) is 3.42. The average molecular weight is 379 g/mol. The van der Waals surface area contributed by atoms with E-state index in [1.54, 1.807) is 6.07 Å². The molecule has 1 aromatic heterocycles. The molecule has 1 amide bonds. The van der Waals surface area contributed by atoms with E-state index in [1.807, 2.05) is 0 Å². The van der Waals surface area contributed by atoms with Crippen LogP contribution in [0.3, 0.4) is 0 Å². The molecule has 106 valence electrons. The number of thiophene rings is 1. The van der Waals surface area contributed by atoms with Crippen LogP contribution in [0, 0.1) is 5.82 Å². The van der Waals surface area contributed by atoms with Crippen LogP contribution in [0.5, 0.6) is 0 Å². The highest BCUT2D eigenvalue weighted by Crippen LogP contribution is 2.22. The predicted octanol–water partition coefficient (Wildman–Crippen LogP) is 2.55. The summed E-state index contributed by atoms with van der Waals surface area (Å²) in [5.41, 5.74) is 0.0999. The number of rotatable bonds is 3. The van der Waals surface area contributed by atoms with Gasteiger partial charge in [0.05, 0.1) is 11.3 Å². The molecule has 0 saturated heterocycles. The fourth-order valence-electron chi connectivity index (χ4n) is 1.37. The lowest BCUT2D eigenvalue weighted by atomic mass is 10.2. The van der Waals surface area contributed by atoms with Gasteiger partial charge in [-0.25, -0.2) is 17.9 Å². The number of carbonyl (C=O) groups excluding carboxylic acids is 1. The SMILES string of the molecule is NS(=O)(=O)c1cc(C(=O)Nc2ccc(Br)cc2F)cs1. The highest BCUT2D eigenvalue weighted by molar-refractivity contribution is 9.10. The van der Waals surface area contributed by atoms with E-state index in [0.29, 0.717) is 4.47 Å². The average Bonchev–Trinajstić information content (AvgIpc) is 2.82. The van der Waals surface area contributed by atoms with Crippen molar-refractivity contribution in [3.05, 3.63) is 45.5 Å². The number of sulfonamides is 1. The first-order valence-corrected chi connectivity index (χ1v) is 8.37. The molecule has 9 heteroatoms. The van der Waals surface area contributed by atoms with Crippen molar-refractivity contribution in [3.8, 4) is 0 Å². The van der Waals surface area contributed by atoms with E-state index in [-0.39, 0.29) is 15.5 Å². The Morgan fingerprint density at radius 3 is 2.60 bits per heavy atom. The van der Waals surface area contributed by atoms with E-state index in [9.17, 15) is 17.6 Å². The number of amides is 1. The summed E-state index contributed by atoms with van der Waals surface area (Å²) in [6, 6.07) is 5.32. The zero-order valence-corrected chi connectivity index (χ0v) is 13.0. The molecule has 0 aliphatic heterocycles. The van der Waals surface area contributed by atoms with Crippen molar-refractivity contribution in [3.63, 3.8) is 0 Å². The van der Waals surface area contributed by atoms with Gasteiger partial charge >= 0.3 is 0 Å². The van der Waals surface area contributed by atoms with Crippen molar-refractivity contribution in [2.45, 2.75) is 4.21 Å². The zero-order chi connectivity index (χ0) is 14.9. The highest BCUT2D eigenvalue weighted by Gasteiger charge is 2.16. The topological polar surface area (TPSA) is 89.3 Å². The Morgan fingerprint density at radius 1 is 1.35 bits per heavy atom. The van der Waals surface area contributed by atoms with Crippen LogP contribution in [0.2, 0.25) is 0 Å². The second-order valence-corrected chi connectivity index (χ2v) is 7.39. The van der Waals surface area contributed by atoms with E-state index in [0.717, 1.165) is 17.4 Å². The summed E-state index contributed by atoms with van der Waals surface area (Å²) in [4.78, 5) is 11.9. The van der Waals surface area contributed by atoms with Gasteiger partial charge in [-0.2, -0.15) is 0 Å². The number of nitrogens with two attached hydrogens (primary N) is 1. The summed E-state index contributed by atoms with van der Waals surface area (Å²) in [6.45, 7) is 0. The first-order valence-electron chi connectivity index (χ1n) is 5.15. The molecule has 0 saturated carbocycles. The fourth-order valence-corrected chi connectivity index (χ4v) is 3.29. The van der Waals surface area contributed by atoms with Crippen LogP contribution in [0.25, 0.3) is 0 Å². The third-order valence-corrected chi connectivity index (χ3v) is 5.18. The Kier molecular flexibility index (Phi) is 4.23. The van der Waals surface area contributed by atoms with Gasteiger partial charge in [0, 0.05) is 9.85 Å². The molecule has 0 unspecified atom stereocenters. The van der Waals surface area contributed by atoms with Gasteiger partial charge in [0.1, 0.15) is 10.0 Å². The normalized spacial score (nSPS) is 11.3. The van der Waals surface area contributed by atoms with E-state index < -0.39 is 21.7 Å². The highest BCUT2D eigenvalue weighted by atomic mass is 79.9. The van der Waals surface area contributed by atoms with Gasteiger partial charge in [0.25, 0.3) is 5.91 Å². The maximum Gasteiger partial charge on any atom is 0.256 e. The van der Waals surface area contributed by atoms with Crippen LogP contribution < -0.4 is 10.5 Å². The van der Waals surface area contributed by atoms with Gasteiger partial charge in [-0.05, 0) is 24.3 Å². The quantitative estimate of drug-likeness (QED) is 0.859. The summed E-state index contributed by atoms with van der Waals surface area (Å²) in [5.74, 6) is -1.22. The van der Waals surface area contributed by atoms with Gasteiger partial charge < -0.3 is 5.32 Å². The number of anilines is 1. The Morgan fingerprint density at radius 2 is 2.05 bits per heavy atom. The van der Waals surface area contributed by atoms with Crippen molar-refractivity contribution < 1.29 is 17.6 Å². The van der Waals surface area contributed by atoms with Crippen LogP contribution in [-0.2, 0) is 10.0 Å². The van der Waals surface area contributed by atoms with Crippen LogP contribution in [-0.4, -0.2) is 14.3 Å². The number of benzene rings is 1. The lowest BCUT2D eigenvalue weighted by molar-refractivity contribution is 0.102. The van der Waals surface area contributed by atoms with E-state index in [4.69, 9.17) is 5.14 Å². The fraction of sp³-hybridized carbons (Fsp3) is 0. The smallest absolute Gasteiger partial charge is 0.256 e. The lowest BCUT2D eigenvalue weighted by Gasteiger charge is -2.05. The monoisotopic (exact) mass is 378 g/mol. The first-order chi connectivity index (χ1) is 9.27. The summed E-state index contributed by atoms with van der Waals surface area (Å²) in [5, 5.41) is 8.64. The predicted molar refractivity (Wildman–Crippen MR) is 77.7 cm³/mol. The second kappa shape index (κ2) is 5.60. The minimum atomic E-state index is -3.84. The van der Waals surface area contributed by atoms with E-state index in [2.05, 4.69) is 21.2 Å². The van der Waals surface area contributed by atoms with Crippen LogP contribution in [0.1, 0.15) is 10.4 Å². The summed E-state index contributed by atoms with van der Waals surface area (Å²) < 4.78 is 36.2. The molecule has 2 rings (SSSR count). The van der Waals surface area contributed by atoms with Crippen molar-refractivity contribution in [1.29, 1.82) is 0 Å². The molecule has 0 radical (unpaired) electrons. The summed E-state index contributed by atoms with van der Waals surface area (Å²) in [6.07, 6.45) is 0. The first kappa shape index (κ1) is 15.1. The van der Waals surface area contributed by atoms with Crippen LogP contribution in [0.15, 0.2) is 38.3 Å². The van der Waals surface area contributed by atoms with E-state index in [1.165, 1.54) is 17.5 Å². The van der Waals surface area contributed by atoms with Gasteiger partial charge in [-0.15, -0.1) is 11.3 Å². The van der Waals surface area contributed by atoms with Gasteiger partial charge in [0.2, 0.25) is 10.0 Å². The molecular weight excluding hydrogens is 371 g/mol. The number of halogens is 2. The zero-order valence-electron chi connectivity index (χ0n) is 9.76. The molecule has 3 N–H and O–H groups in total. The number of nitrogens with one attached hydrogen (secondary N) is 1. The Balaban J connectivity index is 2.22. The summed E-state index contributed by atoms with van der Waals surface area (Å²) in [7, 11) is -3.84. The van der Waals surface area contributed by atoms with Crippen molar-refractivity contribution >= 4 is 48.9 Å². The van der Waals surface area contributed by atoms with Crippen molar-refractivity contribution in [1.82, 2.24) is 0 Å². The molecule has 20 heavy (non-hydrogen) atoms. The standard InChI is InChI=1S/C11H8BrFN2O3S2/c12-7-1-2-9(8(13)4-7)15-11(16)6-3-10(19-5-6)20(14,17)18/h1-5H,(H,15,16)(H2,14,17,18). The molecule has 0 aliphatic carbocycles. The minimum absolute atomic E-state index is 0.00144. The Hall–Kier alpha value is -1.29. The molecule has 5 nitrogen and oxygen atoms in total.